The number of carbonyl (C=O) groups is 1. The Balaban J connectivity index is 1.76. The first-order chi connectivity index (χ1) is 11.1. The van der Waals surface area contributed by atoms with Gasteiger partial charge in [0.1, 0.15) is 12.2 Å². The van der Waals surface area contributed by atoms with E-state index in [0.29, 0.717) is 11.4 Å². The third kappa shape index (κ3) is 3.94. The number of amides is 1. The SMILES string of the molecule is O=C(Cn1nc(-c2cccs2)ccc1=O)Nc1ccc(Br)cc1. The molecule has 2 aromatic heterocycles. The summed E-state index contributed by atoms with van der Waals surface area (Å²) in [4.78, 5) is 24.9. The number of aromatic nitrogens is 2. The van der Waals surface area contributed by atoms with Gasteiger partial charge in [0.05, 0.1) is 4.88 Å². The molecule has 0 aliphatic carbocycles. The largest absolute Gasteiger partial charge is 0.324 e. The maximum absolute atomic E-state index is 12.1. The minimum absolute atomic E-state index is 0.131. The highest BCUT2D eigenvalue weighted by atomic mass is 79.9. The minimum atomic E-state index is -0.309. The molecule has 1 N–H and O–H groups in total. The first kappa shape index (κ1) is 15.6. The average molecular weight is 390 g/mol. The lowest BCUT2D eigenvalue weighted by molar-refractivity contribution is -0.117. The van der Waals surface area contributed by atoms with Gasteiger partial charge >= 0.3 is 0 Å². The Morgan fingerprint density at radius 1 is 1.17 bits per heavy atom. The van der Waals surface area contributed by atoms with Crippen LogP contribution in [0.1, 0.15) is 0 Å². The van der Waals surface area contributed by atoms with Gasteiger partial charge in [-0.15, -0.1) is 11.3 Å². The number of anilines is 1. The lowest BCUT2D eigenvalue weighted by Crippen LogP contribution is -2.29. The van der Waals surface area contributed by atoms with Crippen LogP contribution in [0.3, 0.4) is 0 Å². The summed E-state index contributed by atoms with van der Waals surface area (Å²) in [6.45, 7) is -0.131. The molecule has 23 heavy (non-hydrogen) atoms. The van der Waals surface area contributed by atoms with Crippen molar-refractivity contribution in [2.45, 2.75) is 6.54 Å². The molecule has 0 saturated heterocycles. The van der Waals surface area contributed by atoms with Gasteiger partial charge in [-0.25, -0.2) is 4.68 Å². The minimum Gasteiger partial charge on any atom is -0.324 e. The topological polar surface area (TPSA) is 64.0 Å². The molecule has 0 bridgehead atoms. The van der Waals surface area contributed by atoms with Gasteiger partial charge < -0.3 is 5.32 Å². The summed E-state index contributed by atoms with van der Waals surface area (Å²) in [5.74, 6) is -0.301. The number of nitrogens with zero attached hydrogens (tertiary/aromatic N) is 2. The van der Waals surface area contributed by atoms with E-state index in [9.17, 15) is 9.59 Å². The normalized spacial score (nSPS) is 10.5. The van der Waals surface area contributed by atoms with Gasteiger partial charge in [0.25, 0.3) is 5.56 Å². The third-order valence-corrected chi connectivity index (χ3v) is 4.48. The lowest BCUT2D eigenvalue weighted by atomic mass is 10.3. The summed E-state index contributed by atoms with van der Waals surface area (Å²) in [5.41, 5.74) is 1.04. The van der Waals surface area contributed by atoms with E-state index in [1.165, 1.54) is 22.1 Å². The molecule has 3 aromatic rings. The van der Waals surface area contributed by atoms with E-state index in [0.717, 1.165) is 9.35 Å². The van der Waals surface area contributed by atoms with Crippen molar-refractivity contribution in [1.29, 1.82) is 0 Å². The summed E-state index contributed by atoms with van der Waals surface area (Å²) in [6.07, 6.45) is 0. The fourth-order valence-electron chi connectivity index (χ4n) is 1.99. The molecule has 0 spiro atoms. The molecule has 0 saturated carbocycles. The fraction of sp³-hybridized carbons (Fsp3) is 0.0625. The van der Waals surface area contributed by atoms with Crippen LogP contribution in [0.15, 0.2) is 63.2 Å². The van der Waals surface area contributed by atoms with Gasteiger partial charge in [0.15, 0.2) is 0 Å². The van der Waals surface area contributed by atoms with E-state index in [-0.39, 0.29) is 18.0 Å². The first-order valence-electron chi connectivity index (χ1n) is 6.79. The van der Waals surface area contributed by atoms with Crippen LogP contribution in [0.25, 0.3) is 10.6 Å². The second-order valence-corrected chi connectivity index (χ2v) is 6.61. The van der Waals surface area contributed by atoms with Crippen molar-refractivity contribution in [2.24, 2.45) is 0 Å². The molecule has 0 radical (unpaired) electrons. The fourth-order valence-corrected chi connectivity index (χ4v) is 2.94. The monoisotopic (exact) mass is 389 g/mol. The predicted octanol–water partition coefficient (Wildman–Crippen LogP) is 3.37. The molecular formula is C16H12BrN3O2S. The number of thiophene rings is 1. The summed E-state index contributed by atoms with van der Waals surface area (Å²) in [6, 6.07) is 14.1. The van der Waals surface area contributed by atoms with E-state index in [4.69, 9.17) is 0 Å². The van der Waals surface area contributed by atoms with Gasteiger partial charge in [-0.05, 0) is 41.8 Å². The number of hydrogen-bond donors (Lipinski definition) is 1. The van der Waals surface area contributed by atoms with Crippen molar-refractivity contribution < 1.29 is 4.79 Å². The van der Waals surface area contributed by atoms with Crippen molar-refractivity contribution in [3.05, 3.63) is 68.7 Å². The van der Waals surface area contributed by atoms with Crippen LogP contribution >= 0.6 is 27.3 Å². The molecule has 0 aliphatic heterocycles. The van der Waals surface area contributed by atoms with Crippen LogP contribution in [0, 0.1) is 0 Å². The number of rotatable bonds is 4. The average Bonchev–Trinajstić information content (AvgIpc) is 3.06. The summed E-state index contributed by atoms with van der Waals surface area (Å²) < 4.78 is 2.10. The number of hydrogen-bond acceptors (Lipinski definition) is 4. The van der Waals surface area contributed by atoms with Gasteiger partial charge in [-0.2, -0.15) is 5.10 Å². The van der Waals surface area contributed by atoms with Crippen LogP contribution < -0.4 is 10.9 Å². The molecule has 7 heteroatoms. The van der Waals surface area contributed by atoms with Crippen molar-refractivity contribution in [3.8, 4) is 10.6 Å². The van der Waals surface area contributed by atoms with Gasteiger partial charge in [0, 0.05) is 16.2 Å². The molecule has 0 atom stereocenters. The van der Waals surface area contributed by atoms with Crippen LogP contribution in [-0.2, 0) is 11.3 Å². The Labute approximate surface area is 144 Å². The zero-order chi connectivity index (χ0) is 16.2. The Morgan fingerprint density at radius 3 is 2.65 bits per heavy atom. The number of benzene rings is 1. The van der Waals surface area contributed by atoms with Crippen LogP contribution in [0.5, 0.6) is 0 Å². The second kappa shape index (κ2) is 6.89. The molecular weight excluding hydrogens is 378 g/mol. The van der Waals surface area contributed by atoms with Crippen molar-refractivity contribution in [2.75, 3.05) is 5.32 Å². The maximum Gasteiger partial charge on any atom is 0.267 e. The predicted molar refractivity (Wildman–Crippen MR) is 94.6 cm³/mol. The Bertz CT molecular complexity index is 873. The highest BCUT2D eigenvalue weighted by molar-refractivity contribution is 9.10. The maximum atomic E-state index is 12.1. The molecule has 0 unspecified atom stereocenters. The molecule has 1 aromatic carbocycles. The molecule has 2 heterocycles. The summed E-state index contributed by atoms with van der Waals surface area (Å²) in [5, 5.41) is 8.94. The smallest absolute Gasteiger partial charge is 0.267 e. The second-order valence-electron chi connectivity index (χ2n) is 4.75. The number of halogens is 1. The van der Waals surface area contributed by atoms with Crippen LogP contribution in [0.4, 0.5) is 5.69 Å². The first-order valence-corrected chi connectivity index (χ1v) is 8.46. The zero-order valence-corrected chi connectivity index (χ0v) is 14.3. The van der Waals surface area contributed by atoms with E-state index < -0.39 is 0 Å². The third-order valence-electron chi connectivity index (χ3n) is 3.06. The molecule has 3 rings (SSSR count). The highest BCUT2D eigenvalue weighted by Crippen LogP contribution is 2.21. The van der Waals surface area contributed by atoms with Crippen molar-refractivity contribution in [3.63, 3.8) is 0 Å². The van der Waals surface area contributed by atoms with E-state index in [1.807, 2.05) is 29.6 Å². The van der Waals surface area contributed by atoms with E-state index >= 15 is 0 Å². The Morgan fingerprint density at radius 2 is 1.96 bits per heavy atom. The number of nitrogens with one attached hydrogen (secondary N) is 1. The van der Waals surface area contributed by atoms with Crippen LogP contribution in [0.2, 0.25) is 0 Å². The molecule has 0 fully saturated rings. The quantitative estimate of drug-likeness (QED) is 0.743. The van der Waals surface area contributed by atoms with Gasteiger partial charge in [-0.1, -0.05) is 22.0 Å². The summed E-state index contributed by atoms with van der Waals surface area (Å²) >= 11 is 4.87. The van der Waals surface area contributed by atoms with Gasteiger partial charge in [0.2, 0.25) is 5.91 Å². The molecule has 1 amide bonds. The van der Waals surface area contributed by atoms with Crippen molar-refractivity contribution in [1.82, 2.24) is 9.78 Å². The molecule has 116 valence electrons. The highest BCUT2D eigenvalue weighted by Gasteiger charge is 2.09. The molecule has 0 aliphatic rings. The van der Waals surface area contributed by atoms with E-state index in [1.54, 1.807) is 18.2 Å². The zero-order valence-electron chi connectivity index (χ0n) is 11.9. The summed E-state index contributed by atoms with van der Waals surface area (Å²) in [7, 11) is 0. The molecule has 5 nitrogen and oxygen atoms in total. The Kier molecular flexibility index (Phi) is 4.68. The standard InChI is InChI=1S/C16H12BrN3O2S/c17-11-3-5-12(6-4-11)18-15(21)10-20-16(22)8-7-13(19-20)14-2-1-9-23-14/h1-9H,10H2,(H,18,21). The van der Waals surface area contributed by atoms with Gasteiger partial charge in [-0.3, -0.25) is 9.59 Å². The number of carbonyl (C=O) groups excluding carboxylic acids is 1. The van der Waals surface area contributed by atoms with Crippen molar-refractivity contribution >= 4 is 38.9 Å². The van der Waals surface area contributed by atoms with E-state index in [2.05, 4.69) is 26.3 Å². The van der Waals surface area contributed by atoms with Crippen LogP contribution in [-0.4, -0.2) is 15.7 Å². The lowest BCUT2D eigenvalue weighted by Gasteiger charge is -2.07. The Hall–Kier alpha value is -2.25.